The average molecular weight is 196 g/mol. The van der Waals surface area contributed by atoms with Crippen LogP contribution in [0, 0.1) is 0 Å². The number of aliphatic hydroxyl groups is 1. The second-order valence-electron chi connectivity index (χ2n) is 3.00. The first-order valence-electron chi connectivity index (χ1n) is 4.72. The van der Waals surface area contributed by atoms with Gasteiger partial charge in [-0.15, -0.1) is 0 Å². The summed E-state index contributed by atoms with van der Waals surface area (Å²) in [5, 5.41) is 9.26. The number of hydrogen-bond donors (Lipinski definition) is 1. The lowest BCUT2D eigenvalue weighted by Crippen LogP contribution is -2.02. The van der Waals surface area contributed by atoms with Crippen LogP contribution in [-0.2, 0) is 4.74 Å². The molecular formula is C11H16O3. The van der Waals surface area contributed by atoms with Gasteiger partial charge in [-0.2, -0.15) is 0 Å². The molecule has 1 rings (SSSR count). The molecule has 3 heteroatoms. The number of rotatable bonds is 5. The topological polar surface area (TPSA) is 38.7 Å². The zero-order valence-electron chi connectivity index (χ0n) is 8.56. The Hall–Kier alpha value is -1.06. The molecular weight excluding hydrogens is 180 g/mol. The molecule has 0 radical (unpaired) electrons. The molecule has 0 bridgehead atoms. The fraction of sp³-hybridized carbons (Fsp3) is 0.455. The molecule has 0 amide bonds. The lowest BCUT2D eigenvalue weighted by Gasteiger charge is -2.07. The molecule has 1 aromatic carbocycles. The summed E-state index contributed by atoms with van der Waals surface area (Å²) in [7, 11) is 0. The van der Waals surface area contributed by atoms with Crippen molar-refractivity contribution in [1.82, 2.24) is 0 Å². The zero-order chi connectivity index (χ0) is 10.4. The first kappa shape index (κ1) is 11.0. The van der Waals surface area contributed by atoms with E-state index < -0.39 is 6.10 Å². The van der Waals surface area contributed by atoms with Gasteiger partial charge in [0.15, 0.2) is 6.79 Å². The third-order valence-electron chi connectivity index (χ3n) is 1.88. The number of ether oxygens (including phenoxy) is 2. The molecule has 0 saturated carbocycles. The lowest BCUT2D eigenvalue weighted by atomic mass is 10.1. The predicted octanol–water partition coefficient (Wildman–Crippen LogP) is 2.11. The van der Waals surface area contributed by atoms with E-state index >= 15 is 0 Å². The molecule has 0 aliphatic rings. The molecule has 0 spiro atoms. The highest BCUT2D eigenvalue weighted by Gasteiger charge is 2.00. The van der Waals surface area contributed by atoms with Crippen molar-refractivity contribution in [3.05, 3.63) is 29.8 Å². The molecule has 78 valence electrons. The quantitative estimate of drug-likeness (QED) is 0.579. The maximum atomic E-state index is 9.26. The van der Waals surface area contributed by atoms with Gasteiger partial charge in [-0.25, -0.2) is 0 Å². The minimum absolute atomic E-state index is 0.268. The maximum absolute atomic E-state index is 9.26. The summed E-state index contributed by atoms with van der Waals surface area (Å²) < 4.78 is 10.3. The van der Waals surface area contributed by atoms with Crippen LogP contribution in [0.4, 0.5) is 0 Å². The Balaban J connectivity index is 2.47. The molecule has 0 saturated heterocycles. The van der Waals surface area contributed by atoms with Crippen LogP contribution < -0.4 is 4.74 Å². The van der Waals surface area contributed by atoms with Gasteiger partial charge in [0.05, 0.1) is 6.10 Å². The Bertz CT molecular complexity index is 254. The highest BCUT2D eigenvalue weighted by molar-refractivity contribution is 5.28. The van der Waals surface area contributed by atoms with E-state index in [9.17, 15) is 5.11 Å². The molecule has 0 fully saturated rings. The van der Waals surface area contributed by atoms with Crippen LogP contribution >= 0.6 is 0 Å². The van der Waals surface area contributed by atoms with Crippen LogP contribution in [0.25, 0.3) is 0 Å². The van der Waals surface area contributed by atoms with Gasteiger partial charge in [0.25, 0.3) is 0 Å². The fourth-order valence-electron chi connectivity index (χ4n) is 1.04. The second-order valence-corrected chi connectivity index (χ2v) is 3.00. The SMILES string of the molecule is CCOCOc1ccc(C(C)O)cc1. The third kappa shape index (κ3) is 3.36. The monoisotopic (exact) mass is 196 g/mol. The summed E-state index contributed by atoms with van der Waals surface area (Å²) in [6.07, 6.45) is -0.434. The summed E-state index contributed by atoms with van der Waals surface area (Å²) in [6.45, 7) is 4.56. The predicted molar refractivity (Wildman–Crippen MR) is 54.2 cm³/mol. The summed E-state index contributed by atoms with van der Waals surface area (Å²) in [6, 6.07) is 7.32. The van der Waals surface area contributed by atoms with Gasteiger partial charge in [0, 0.05) is 6.61 Å². The van der Waals surface area contributed by atoms with Crippen molar-refractivity contribution < 1.29 is 14.6 Å². The number of hydrogen-bond acceptors (Lipinski definition) is 3. The van der Waals surface area contributed by atoms with Crippen molar-refractivity contribution in [3.63, 3.8) is 0 Å². The van der Waals surface area contributed by atoms with Gasteiger partial charge >= 0.3 is 0 Å². The van der Waals surface area contributed by atoms with Crippen LogP contribution in [0.1, 0.15) is 25.5 Å². The van der Waals surface area contributed by atoms with Gasteiger partial charge < -0.3 is 14.6 Å². The van der Waals surface area contributed by atoms with Gasteiger partial charge in [-0.05, 0) is 31.5 Å². The maximum Gasteiger partial charge on any atom is 0.189 e. The van der Waals surface area contributed by atoms with E-state index in [-0.39, 0.29) is 6.79 Å². The molecule has 14 heavy (non-hydrogen) atoms. The van der Waals surface area contributed by atoms with Crippen molar-refractivity contribution in [2.24, 2.45) is 0 Å². The number of benzene rings is 1. The minimum atomic E-state index is -0.434. The van der Waals surface area contributed by atoms with Crippen LogP contribution in [0.3, 0.4) is 0 Å². The molecule has 0 aliphatic carbocycles. The third-order valence-corrected chi connectivity index (χ3v) is 1.88. The Kier molecular flexibility index (Phi) is 4.43. The Labute approximate surface area is 84.3 Å². The van der Waals surface area contributed by atoms with E-state index in [1.54, 1.807) is 6.92 Å². The van der Waals surface area contributed by atoms with E-state index in [0.29, 0.717) is 6.61 Å². The van der Waals surface area contributed by atoms with Gasteiger partial charge in [0.2, 0.25) is 0 Å². The molecule has 1 aromatic rings. The first-order valence-corrected chi connectivity index (χ1v) is 4.72. The summed E-state index contributed by atoms with van der Waals surface area (Å²) >= 11 is 0. The van der Waals surface area contributed by atoms with Crippen LogP contribution in [0.2, 0.25) is 0 Å². The Morgan fingerprint density at radius 2 is 1.93 bits per heavy atom. The van der Waals surface area contributed by atoms with Gasteiger partial charge in [-0.3, -0.25) is 0 Å². The highest BCUT2D eigenvalue weighted by Crippen LogP contribution is 2.16. The van der Waals surface area contributed by atoms with E-state index in [2.05, 4.69) is 0 Å². The van der Waals surface area contributed by atoms with E-state index in [4.69, 9.17) is 9.47 Å². The summed E-state index contributed by atoms with van der Waals surface area (Å²) in [4.78, 5) is 0. The lowest BCUT2D eigenvalue weighted by molar-refractivity contribution is 0.0224. The van der Waals surface area contributed by atoms with E-state index in [1.165, 1.54) is 0 Å². The standard InChI is InChI=1S/C11H16O3/c1-3-13-8-14-11-6-4-10(5-7-11)9(2)12/h4-7,9,12H,3,8H2,1-2H3. The Morgan fingerprint density at radius 3 is 2.43 bits per heavy atom. The van der Waals surface area contributed by atoms with Crippen LogP contribution in [-0.4, -0.2) is 18.5 Å². The average Bonchev–Trinajstić information content (AvgIpc) is 2.19. The van der Waals surface area contributed by atoms with Gasteiger partial charge in [0.1, 0.15) is 5.75 Å². The highest BCUT2D eigenvalue weighted by atomic mass is 16.7. The summed E-state index contributed by atoms with van der Waals surface area (Å²) in [5.74, 6) is 0.753. The van der Waals surface area contributed by atoms with Crippen molar-refractivity contribution >= 4 is 0 Å². The molecule has 0 aliphatic heterocycles. The van der Waals surface area contributed by atoms with E-state index in [0.717, 1.165) is 11.3 Å². The second kappa shape index (κ2) is 5.62. The zero-order valence-corrected chi connectivity index (χ0v) is 8.56. The first-order chi connectivity index (χ1) is 6.74. The van der Waals surface area contributed by atoms with Gasteiger partial charge in [-0.1, -0.05) is 12.1 Å². The molecule has 1 N–H and O–H groups in total. The largest absolute Gasteiger partial charge is 0.468 e. The normalized spacial score (nSPS) is 12.5. The van der Waals surface area contributed by atoms with E-state index in [1.807, 2.05) is 31.2 Å². The molecule has 0 heterocycles. The molecule has 0 aromatic heterocycles. The van der Waals surface area contributed by atoms with Crippen molar-refractivity contribution in [2.75, 3.05) is 13.4 Å². The van der Waals surface area contributed by atoms with Crippen molar-refractivity contribution in [3.8, 4) is 5.75 Å². The molecule has 3 nitrogen and oxygen atoms in total. The van der Waals surface area contributed by atoms with Crippen LogP contribution in [0.5, 0.6) is 5.75 Å². The van der Waals surface area contributed by atoms with Crippen molar-refractivity contribution in [2.45, 2.75) is 20.0 Å². The summed E-state index contributed by atoms with van der Waals surface area (Å²) in [5.41, 5.74) is 0.883. The molecule has 1 atom stereocenters. The minimum Gasteiger partial charge on any atom is -0.468 e. The fourth-order valence-corrected chi connectivity index (χ4v) is 1.04. The molecule has 1 unspecified atom stereocenters. The smallest absolute Gasteiger partial charge is 0.189 e. The van der Waals surface area contributed by atoms with Crippen LogP contribution in [0.15, 0.2) is 24.3 Å². The Morgan fingerprint density at radius 1 is 1.29 bits per heavy atom. The van der Waals surface area contributed by atoms with Crippen molar-refractivity contribution in [1.29, 1.82) is 0 Å². The number of aliphatic hydroxyl groups excluding tert-OH is 1.